The first-order valence-corrected chi connectivity index (χ1v) is 8.53. The van der Waals surface area contributed by atoms with Gasteiger partial charge in [-0.25, -0.2) is 4.98 Å². The highest BCUT2D eigenvalue weighted by Crippen LogP contribution is 2.11. The van der Waals surface area contributed by atoms with E-state index in [2.05, 4.69) is 25.9 Å². The molecule has 0 fully saturated rings. The number of hydrogen-bond acceptors (Lipinski definition) is 5. The van der Waals surface area contributed by atoms with Crippen LogP contribution in [0.3, 0.4) is 0 Å². The second kappa shape index (κ2) is 9.46. The van der Waals surface area contributed by atoms with Crippen molar-refractivity contribution in [3.05, 3.63) is 16.1 Å². The molecule has 0 radical (unpaired) electrons. The summed E-state index contributed by atoms with van der Waals surface area (Å²) < 4.78 is 5.35. The molecule has 1 rings (SSSR count). The zero-order chi connectivity index (χ0) is 17.3. The topological polar surface area (TPSA) is 87.6 Å². The van der Waals surface area contributed by atoms with Crippen LogP contribution in [0.25, 0.3) is 0 Å². The van der Waals surface area contributed by atoms with Gasteiger partial charge in [0.1, 0.15) is 4.88 Å². The number of aliphatic imine (C=N–C) groups is 1. The summed E-state index contributed by atoms with van der Waals surface area (Å²) in [5.74, 6) is 0.620. The number of thiazole rings is 1. The van der Waals surface area contributed by atoms with Crippen LogP contribution < -0.4 is 16.0 Å². The zero-order valence-corrected chi connectivity index (χ0v) is 15.3. The highest BCUT2D eigenvalue weighted by Gasteiger charge is 2.15. The average molecular weight is 341 g/mol. The summed E-state index contributed by atoms with van der Waals surface area (Å²) in [7, 11) is 1.67. The zero-order valence-electron chi connectivity index (χ0n) is 14.5. The number of methoxy groups -OCH3 is 1. The molecule has 0 atom stereocenters. The minimum absolute atomic E-state index is 0.0887. The fourth-order valence-corrected chi connectivity index (χ4v) is 2.35. The Balaban J connectivity index is 2.40. The maximum atomic E-state index is 12.0. The lowest BCUT2D eigenvalue weighted by Gasteiger charge is -2.21. The molecule has 3 N–H and O–H groups in total. The fourth-order valence-electron chi connectivity index (χ4n) is 1.63. The Kier molecular flexibility index (Phi) is 7.97. The summed E-state index contributed by atoms with van der Waals surface area (Å²) in [6.45, 7) is 10.2. The number of nitrogens with one attached hydrogen (secondary N) is 3. The molecule has 0 saturated carbocycles. The van der Waals surface area contributed by atoms with Gasteiger partial charge < -0.3 is 20.7 Å². The van der Waals surface area contributed by atoms with Gasteiger partial charge in [-0.2, -0.15) is 0 Å². The Morgan fingerprint density at radius 1 is 1.35 bits per heavy atom. The van der Waals surface area contributed by atoms with E-state index in [0.29, 0.717) is 30.5 Å². The van der Waals surface area contributed by atoms with Crippen molar-refractivity contribution in [1.29, 1.82) is 0 Å². The molecule has 0 spiro atoms. The molecule has 0 aromatic carbocycles. The van der Waals surface area contributed by atoms with Crippen molar-refractivity contribution < 1.29 is 9.53 Å². The minimum atomic E-state index is -0.305. The predicted octanol–water partition coefficient (Wildman–Crippen LogP) is 1.16. The van der Waals surface area contributed by atoms with E-state index >= 15 is 0 Å². The summed E-state index contributed by atoms with van der Waals surface area (Å²) in [5.41, 5.74) is 2.13. The summed E-state index contributed by atoms with van der Waals surface area (Å²) >= 11 is 1.35. The Morgan fingerprint density at radius 2 is 2.04 bits per heavy atom. The quantitative estimate of drug-likeness (QED) is 0.375. The Hall–Kier alpha value is -1.67. The van der Waals surface area contributed by atoms with Gasteiger partial charge in [0.15, 0.2) is 5.96 Å². The van der Waals surface area contributed by atoms with Crippen molar-refractivity contribution in [2.75, 3.05) is 33.3 Å². The first-order valence-electron chi connectivity index (χ1n) is 7.65. The van der Waals surface area contributed by atoms with E-state index in [4.69, 9.17) is 4.74 Å². The summed E-state index contributed by atoms with van der Waals surface area (Å²) in [5, 5.41) is 9.22. The third-order valence-electron chi connectivity index (χ3n) is 3.17. The molecule has 8 heteroatoms. The van der Waals surface area contributed by atoms with Gasteiger partial charge in [0, 0.05) is 26.7 Å². The average Bonchev–Trinajstić information content (AvgIpc) is 2.95. The number of carbonyl (C=O) groups is 1. The molecule has 1 heterocycles. The van der Waals surface area contributed by atoms with E-state index in [0.717, 1.165) is 12.2 Å². The van der Waals surface area contributed by atoms with Gasteiger partial charge in [-0.15, -0.1) is 11.3 Å². The van der Waals surface area contributed by atoms with Gasteiger partial charge in [-0.05, 0) is 27.7 Å². The minimum Gasteiger partial charge on any atom is -0.377 e. The maximum Gasteiger partial charge on any atom is 0.263 e. The van der Waals surface area contributed by atoms with Crippen LogP contribution in [0.2, 0.25) is 0 Å². The highest BCUT2D eigenvalue weighted by atomic mass is 32.1. The number of carbonyl (C=O) groups excluding carboxylic acids is 1. The Labute approximate surface area is 141 Å². The normalized spacial score (nSPS) is 12.1. The molecule has 130 valence electrons. The lowest BCUT2D eigenvalue weighted by Crippen LogP contribution is -2.42. The van der Waals surface area contributed by atoms with Crippen LogP contribution in [0.5, 0.6) is 0 Å². The van der Waals surface area contributed by atoms with Crippen molar-refractivity contribution in [1.82, 2.24) is 20.9 Å². The summed E-state index contributed by atoms with van der Waals surface area (Å²) in [6.07, 6.45) is 0. The SMILES string of the molecule is CCNC(=NCC(C)(C)OC)NCCNC(=O)c1scnc1C. The van der Waals surface area contributed by atoms with Gasteiger partial charge in [-0.1, -0.05) is 0 Å². The Bertz CT molecular complexity index is 528. The summed E-state index contributed by atoms with van der Waals surface area (Å²) in [4.78, 5) is 21.2. The van der Waals surface area contributed by atoms with E-state index in [1.165, 1.54) is 11.3 Å². The maximum absolute atomic E-state index is 12.0. The third kappa shape index (κ3) is 6.96. The van der Waals surface area contributed by atoms with Crippen LogP contribution in [0, 0.1) is 6.92 Å². The van der Waals surface area contributed by atoms with Gasteiger partial charge in [-0.3, -0.25) is 9.79 Å². The number of ether oxygens (including phenoxy) is 1. The number of amides is 1. The van der Waals surface area contributed by atoms with Crippen LogP contribution in [0.4, 0.5) is 0 Å². The lowest BCUT2D eigenvalue weighted by atomic mass is 10.1. The molecule has 0 aliphatic heterocycles. The van der Waals surface area contributed by atoms with Crippen molar-refractivity contribution in [3.63, 3.8) is 0 Å². The van der Waals surface area contributed by atoms with E-state index < -0.39 is 0 Å². The van der Waals surface area contributed by atoms with Crippen LogP contribution in [0.15, 0.2) is 10.5 Å². The number of guanidine groups is 1. The van der Waals surface area contributed by atoms with Crippen LogP contribution >= 0.6 is 11.3 Å². The summed E-state index contributed by atoms with van der Waals surface area (Å²) in [6, 6.07) is 0. The smallest absolute Gasteiger partial charge is 0.263 e. The molecule has 0 aliphatic carbocycles. The largest absolute Gasteiger partial charge is 0.377 e. The Morgan fingerprint density at radius 3 is 2.61 bits per heavy atom. The van der Waals surface area contributed by atoms with Crippen LogP contribution in [0.1, 0.15) is 36.1 Å². The second-order valence-electron chi connectivity index (χ2n) is 5.61. The van der Waals surface area contributed by atoms with Crippen molar-refractivity contribution in [2.45, 2.75) is 33.3 Å². The fraction of sp³-hybridized carbons (Fsp3) is 0.667. The molecular formula is C15H27N5O2S. The molecule has 0 aliphatic rings. The number of hydrogen-bond donors (Lipinski definition) is 3. The first kappa shape index (κ1) is 19.4. The molecular weight excluding hydrogens is 314 g/mol. The number of aromatic nitrogens is 1. The molecule has 23 heavy (non-hydrogen) atoms. The molecule has 1 aromatic rings. The van der Waals surface area contributed by atoms with E-state index in [9.17, 15) is 4.79 Å². The molecule has 0 unspecified atom stereocenters. The van der Waals surface area contributed by atoms with E-state index in [-0.39, 0.29) is 11.5 Å². The number of rotatable bonds is 8. The van der Waals surface area contributed by atoms with Gasteiger partial charge in [0.2, 0.25) is 0 Å². The highest BCUT2D eigenvalue weighted by molar-refractivity contribution is 7.11. The van der Waals surface area contributed by atoms with Crippen molar-refractivity contribution in [2.24, 2.45) is 4.99 Å². The van der Waals surface area contributed by atoms with Gasteiger partial charge >= 0.3 is 0 Å². The van der Waals surface area contributed by atoms with Crippen LogP contribution in [-0.2, 0) is 4.74 Å². The van der Waals surface area contributed by atoms with Crippen molar-refractivity contribution in [3.8, 4) is 0 Å². The number of nitrogens with zero attached hydrogens (tertiary/aromatic N) is 2. The van der Waals surface area contributed by atoms with Gasteiger partial charge in [0.05, 0.1) is 23.4 Å². The number of aryl methyl sites for hydroxylation is 1. The molecule has 1 aromatic heterocycles. The molecule has 1 amide bonds. The van der Waals surface area contributed by atoms with E-state index in [1.54, 1.807) is 12.6 Å². The lowest BCUT2D eigenvalue weighted by molar-refractivity contribution is 0.0310. The monoisotopic (exact) mass is 341 g/mol. The predicted molar refractivity (Wildman–Crippen MR) is 94.3 cm³/mol. The third-order valence-corrected chi connectivity index (χ3v) is 4.10. The first-order chi connectivity index (χ1) is 10.9. The van der Waals surface area contributed by atoms with Crippen molar-refractivity contribution >= 4 is 23.2 Å². The van der Waals surface area contributed by atoms with E-state index in [1.807, 2.05) is 27.7 Å². The standard InChI is InChI=1S/C15H27N5O2S/c1-6-16-14(19-9-15(3,4)22-5)18-8-7-17-13(21)12-11(2)20-10-23-12/h10H,6-9H2,1-5H3,(H,17,21)(H2,16,18,19). The van der Waals surface area contributed by atoms with Gasteiger partial charge in [0.25, 0.3) is 5.91 Å². The molecule has 0 bridgehead atoms. The second-order valence-corrected chi connectivity index (χ2v) is 6.46. The molecule has 0 saturated heterocycles. The molecule has 7 nitrogen and oxygen atoms in total. The van der Waals surface area contributed by atoms with Crippen LogP contribution in [-0.4, -0.2) is 55.7 Å².